The topological polar surface area (TPSA) is 62.3 Å². The smallest absolute Gasteiger partial charge is 0.258 e. The van der Waals surface area contributed by atoms with E-state index in [0.717, 1.165) is 11.3 Å². The summed E-state index contributed by atoms with van der Waals surface area (Å²) in [5.41, 5.74) is 2.78. The van der Waals surface area contributed by atoms with Crippen LogP contribution in [0.25, 0.3) is 0 Å². The second kappa shape index (κ2) is 8.07. The number of carbonyl (C=O) groups is 2. The molecule has 2 amide bonds. The Morgan fingerprint density at radius 3 is 2.27 bits per heavy atom. The number of anilines is 1. The molecule has 0 saturated heterocycles. The molecule has 5 nitrogen and oxygen atoms in total. The first-order chi connectivity index (χ1) is 12.6. The minimum Gasteiger partial charge on any atom is -0.348 e. The lowest BCUT2D eigenvalue weighted by molar-refractivity contribution is 0.0948. The third-order valence-corrected chi connectivity index (χ3v) is 4.02. The summed E-state index contributed by atoms with van der Waals surface area (Å²) in [7, 11) is 1.73. The van der Waals surface area contributed by atoms with E-state index in [4.69, 9.17) is 0 Å². The largest absolute Gasteiger partial charge is 0.348 e. The van der Waals surface area contributed by atoms with E-state index in [0.29, 0.717) is 17.7 Å². The fourth-order valence-corrected chi connectivity index (χ4v) is 2.51. The molecule has 3 aromatic rings. The lowest BCUT2D eigenvalue weighted by Gasteiger charge is -2.17. The monoisotopic (exact) mass is 345 g/mol. The summed E-state index contributed by atoms with van der Waals surface area (Å²) in [5, 5.41) is 2.84. The van der Waals surface area contributed by atoms with Crippen LogP contribution in [0.2, 0.25) is 0 Å². The van der Waals surface area contributed by atoms with Gasteiger partial charge in [0.05, 0.1) is 0 Å². The molecule has 0 aliphatic rings. The van der Waals surface area contributed by atoms with E-state index in [2.05, 4.69) is 10.3 Å². The first-order valence-electron chi connectivity index (χ1n) is 8.25. The summed E-state index contributed by atoms with van der Waals surface area (Å²) >= 11 is 0. The third-order valence-electron chi connectivity index (χ3n) is 4.02. The molecular formula is C21H19N3O2. The molecule has 0 aliphatic carbocycles. The van der Waals surface area contributed by atoms with Crippen LogP contribution in [0.4, 0.5) is 5.69 Å². The molecule has 130 valence electrons. The van der Waals surface area contributed by atoms with Crippen LogP contribution in [0, 0.1) is 0 Å². The Bertz CT molecular complexity index is 878. The number of carbonyl (C=O) groups excluding carboxylic acids is 2. The predicted octanol–water partition coefficient (Wildman–Crippen LogP) is 3.29. The van der Waals surface area contributed by atoms with E-state index in [1.807, 2.05) is 42.5 Å². The van der Waals surface area contributed by atoms with Crippen molar-refractivity contribution in [2.75, 3.05) is 11.9 Å². The molecular weight excluding hydrogens is 326 g/mol. The summed E-state index contributed by atoms with van der Waals surface area (Å²) < 4.78 is 0. The van der Waals surface area contributed by atoms with Crippen LogP contribution in [-0.4, -0.2) is 23.8 Å². The molecule has 26 heavy (non-hydrogen) atoms. The number of pyridine rings is 1. The summed E-state index contributed by atoms with van der Waals surface area (Å²) in [6.07, 6.45) is 3.40. The molecule has 0 atom stereocenters. The highest BCUT2D eigenvalue weighted by atomic mass is 16.2. The van der Waals surface area contributed by atoms with Crippen molar-refractivity contribution >= 4 is 17.5 Å². The van der Waals surface area contributed by atoms with Crippen LogP contribution < -0.4 is 10.2 Å². The van der Waals surface area contributed by atoms with Crippen LogP contribution in [0.1, 0.15) is 26.3 Å². The Labute approximate surface area is 152 Å². The quantitative estimate of drug-likeness (QED) is 0.772. The van der Waals surface area contributed by atoms with Gasteiger partial charge in [0.1, 0.15) is 0 Å². The van der Waals surface area contributed by atoms with Crippen molar-refractivity contribution in [2.45, 2.75) is 6.54 Å². The Morgan fingerprint density at radius 2 is 1.62 bits per heavy atom. The maximum absolute atomic E-state index is 12.6. The zero-order valence-electron chi connectivity index (χ0n) is 14.4. The van der Waals surface area contributed by atoms with Gasteiger partial charge in [-0.3, -0.25) is 14.6 Å². The van der Waals surface area contributed by atoms with Gasteiger partial charge in [-0.15, -0.1) is 0 Å². The average molecular weight is 345 g/mol. The number of benzene rings is 2. The zero-order chi connectivity index (χ0) is 18.4. The maximum Gasteiger partial charge on any atom is 0.258 e. The van der Waals surface area contributed by atoms with Gasteiger partial charge >= 0.3 is 0 Å². The van der Waals surface area contributed by atoms with Gasteiger partial charge in [-0.2, -0.15) is 0 Å². The Morgan fingerprint density at radius 1 is 0.923 bits per heavy atom. The van der Waals surface area contributed by atoms with Crippen LogP contribution in [0.15, 0.2) is 79.1 Å². The lowest BCUT2D eigenvalue weighted by Crippen LogP contribution is -2.26. The van der Waals surface area contributed by atoms with Gasteiger partial charge in [-0.05, 0) is 48.0 Å². The summed E-state index contributed by atoms with van der Waals surface area (Å²) in [5.74, 6) is -0.317. The van der Waals surface area contributed by atoms with E-state index < -0.39 is 0 Å². The molecule has 0 bridgehead atoms. The molecule has 2 aromatic carbocycles. The van der Waals surface area contributed by atoms with Gasteiger partial charge in [-0.1, -0.05) is 24.3 Å². The number of nitrogens with zero attached hydrogens (tertiary/aromatic N) is 2. The minimum absolute atomic E-state index is 0.126. The Balaban J connectivity index is 1.64. The number of hydrogen-bond donors (Lipinski definition) is 1. The second-order valence-electron chi connectivity index (χ2n) is 5.82. The van der Waals surface area contributed by atoms with Gasteiger partial charge in [0.2, 0.25) is 0 Å². The molecule has 0 unspecified atom stereocenters. The fourth-order valence-electron chi connectivity index (χ4n) is 2.51. The van der Waals surface area contributed by atoms with Gasteiger partial charge < -0.3 is 10.2 Å². The van der Waals surface area contributed by atoms with Crippen molar-refractivity contribution in [3.63, 3.8) is 0 Å². The third kappa shape index (κ3) is 4.13. The van der Waals surface area contributed by atoms with Crippen molar-refractivity contribution in [1.29, 1.82) is 0 Å². The number of amides is 2. The first kappa shape index (κ1) is 17.4. The average Bonchev–Trinajstić information content (AvgIpc) is 2.72. The van der Waals surface area contributed by atoms with Crippen molar-refractivity contribution in [1.82, 2.24) is 10.3 Å². The number of para-hydroxylation sites is 1. The highest BCUT2D eigenvalue weighted by Crippen LogP contribution is 2.15. The molecule has 1 N–H and O–H groups in total. The minimum atomic E-state index is -0.190. The zero-order valence-corrected chi connectivity index (χ0v) is 14.4. The number of hydrogen-bond acceptors (Lipinski definition) is 3. The molecule has 0 aliphatic heterocycles. The molecule has 1 heterocycles. The van der Waals surface area contributed by atoms with Gasteiger partial charge in [-0.25, -0.2) is 0 Å². The standard InChI is InChI=1S/C21H19N3O2/c1-24(19-7-3-2-4-8-19)21(26)18-11-9-17(10-12-18)20(25)23-15-16-6-5-13-22-14-16/h2-14H,15H2,1H3,(H,23,25). The number of rotatable bonds is 5. The van der Waals surface area contributed by atoms with Gasteiger partial charge in [0.15, 0.2) is 0 Å². The van der Waals surface area contributed by atoms with Crippen LogP contribution in [0.5, 0.6) is 0 Å². The van der Waals surface area contributed by atoms with E-state index >= 15 is 0 Å². The molecule has 3 rings (SSSR count). The van der Waals surface area contributed by atoms with E-state index in [1.54, 1.807) is 48.6 Å². The summed E-state index contributed by atoms with van der Waals surface area (Å²) in [6.45, 7) is 0.407. The van der Waals surface area contributed by atoms with E-state index in [-0.39, 0.29) is 11.8 Å². The Kier molecular flexibility index (Phi) is 5.39. The van der Waals surface area contributed by atoms with Gasteiger partial charge in [0, 0.05) is 42.8 Å². The molecule has 0 spiro atoms. The van der Waals surface area contributed by atoms with E-state index in [1.165, 1.54) is 0 Å². The summed E-state index contributed by atoms with van der Waals surface area (Å²) in [4.78, 5) is 30.4. The second-order valence-corrected chi connectivity index (χ2v) is 5.82. The SMILES string of the molecule is CN(C(=O)c1ccc(C(=O)NCc2cccnc2)cc1)c1ccccc1. The predicted molar refractivity (Wildman–Crippen MR) is 101 cm³/mol. The van der Waals surface area contributed by atoms with Gasteiger partial charge in [0.25, 0.3) is 11.8 Å². The highest BCUT2D eigenvalue weighted by molar-refractivity contribution is 6.06. The van der Waals surface area contributed by atoms with Crippen molar-refractivity contribution in [3.8, 4) is 0 Å². The number of nitrogens with one attached hydrogen (secondary N) is 1. The first-order valence-corrected chi connectivity index (χ1v) is 8.25. The molecule has 0 saturated carbocycles. The lowest BCUT2D eigenvalue weighted by atomic mass is 10.1. The van der Waals surface area contributed by atoms with Crippen molar-refractivity contribution in [3.05, 3.63) is 95.8 Å². The maximum atomic E-state index is 12.6. The van der Waals surface area contributed by atoms with Crippen molar-refractivity contribution in [2.24, 2.45) is 0 Å². The molecule has 0 fully saturated rings. The fraction of sp³-hybridized carbons (Fsp3) is 0.0952. The molecule has 1 aromatic heterocycles. The van der Waals surface area contributed by atoms with Crippen molar-refractivity contribution < 1.29 is 9.59 Å². The van der Waals surface area contributed by atoms with Crippen LogP contribution >= 0.6 is 0 Å². The van der Waals surface area contributed by atoms with Crippen LogP contribution in [0.3, 0.4) is 0 Å². The molecule has 5 heteroatoms. The number of aromatic nitrogens is 1. The Hall–Kier alpha value is -3.47. The summed E-state index contributed by atoms with van der Waals surface area (Å²) in [6, 6.07) is 19.8. The van der Waals surface area contributed by atoms with E-state index in [9.17, 15) is 9.59 Å². The molecule has 0 radical (unpaired) electrons. The highest BCUT2D eigenvalue weighted by Gasteiger charge is 2.14. The normalized spacial score (nSPS) is 10.2. The van der Waals surface area contributed by atoms with Crippen LogP contribution in [-0.2, 0) is 6.54 Å².